The molecule has 5 heteroatoms. The monoisotopic (exact) mass is 338 g/mol. The third kappa shape index (κ3) is 4.39. The lowest BCUT2D eigenvalue weighted by molar-refractivity contribution is -0.129. The maximum atomic E-state index is 11.0. The van der Waals surface area contributed by atoms with Crippen LogP contribution in [0, 0.1) is 0 Å². The lowest BCUT2D eigenvalue weighted by Crippen LogP contribution is -2.17. The van der Waals surface area contributed by atoms with E-state index >= 15 is 0 Å². The number of rotatable bonds is 6. The number of hydroxylamine groups is 1. The Hall–Kier alpha value is -2.79. The molecular formula is C20H22N2O3. The number of hydrogen-bond donors (Lipinski definition) is 2. The van der Waals surface area contributed by atoms with Crippen molar-refractivity contribution in [2.24, 2.45) is 0 Å². The summed E-state index contributed by atoms with van der Waals surface area (Å²) in [6.07, 6.45) is 7.06. The molecule has 1 aliphatic heterocycles. The zero-order valence-corrected chi connectivity index (χ0v) is 14.0. The highest BCUT2D eigenvalue weighted by Crippen LogP contribution is 2.38. The minimum atomic E-state index is -0.334. The highest BCUT2D eigenvalue weighted by atomic mass is 16.5. The molecule has 1 aliphatic rings. The molecular weight excluding hydrogens is 316 g/mol. The summed E-state index contributed by atoms with van der Waals surface area (Å²) in [5.41, 5.74) is 3.83. The molecule has 0 saturated carbocycles. The molecule has 1 heterocycles. The Morgan fingerprint density at radius 2 is 1.88 bits per heavy atom. The molecule has 0 bridgehead atoms. The lowest BCUT2D eigenvalue weighted by atomic mass is 10.1. The van der Waals surface area contributed by atoms with Crippen LogP contribution in [-0.2, 0) is 11.3 Å². The molecule has 0 atom stereocenters. The fourth-order valence-corrected chi connectivity index (χ4v) is 2.84. The summed E-state index contributed by atoms with van der Waals surface area (Å²) in [7, 11) is 0. The molecule has 0 saturated heterocycles. The van der Waals surface area contributed by atoms with Crippen molar-refractivity contribution in [3.05, 3.63) is 66.4 Å². The number of hydrogen-bond acceptors (Lipinski definition) is 4. The number of fused-ring (bicyclic) bond motifs is 2. The van der Waals surface area contributed by atoms with Gasteiger partial charge in [0.2, 0.25) is 5.91 Å². The Kier molecular flexibility index (Phi) is 5.69. The topological polar surface area (TPSA) is 61.8 Å². The van der Waals surface area contributed by atoms with Gasteiger partial charge >= 0.3 is 0 Å². The molecule has 25 heavy (non-hydrogen) atoms. The van der Waals surface area contributed by atoms with Crippen LogP contribution in [0.5, 0.6) is 11.5 Å². The summed E-state index contributed by atoms with van der Waals surface area (Å²) < 4.78 is 6.07. The van der Waals surface area contributed by atoms with E-state index in [9.17, 15) is 4.79 Å². The van der Waals surface area contributed by atoms with E-state index in [1.165, 1.54) is 0 Å². The maximum Gasteiger partial charge on any atom is 0.243 e. The second-order valence-electron chi connectivity index (χ2n) is 5.97. The number of nitrogens with one attached hydrogen (secondary N) is 1. The van der Waals surface area contributed by atoms with E-state index in [2.05, 4.69) is 29.3 Å². The van der Waals surface area contributed by atoms with Crippen LogP contribution in [0.1, 0.15) is 31.2 Å². The van der Waals surface area contributed by atoms with Gasteiger partial charge in [0.15, 0.2) is 5.75 Å². The van der Waals surface area contributed by atoms with Crippen LogP contribution in [-0.4, -0.2) is 11.1 Å². The van der Waals surface area contributed by atoms with Gasteiger partial charge in [-0.15, -0.1) is 0 Å². The van der Waals surface area contributed by atoms with Gasteiger partial charge in [-0.3, -0.25) is 10.0 Å². The summed E-state index contributed by atoms with van der Waals surface area (Å²) in [5, 5.41) is 8.48. The molecule has 0 fully saturated rings. The van der Waals surface area contributed by atoms with Crippen LogP contribution in [0.3, 0.4) is 0 Å². The molecule has 0 radical (unpaired) electrons. The number of unbranched alkanes of at least 4 members (excludes halogenated alkanes) is 2. The molecule has 0 aromatic heterocycles. The quantitative estimate of drug-likeness (QED) is 0.466. The van der Waals surface area contributed by atoms with Crippen LogP contribution in [0.4, 0.5) is 5.69 Å². The summed E-state index contributed by atoms with van der Waals surface area (Å²) in [4.78, 5) is 13.2. The van der Waals surface area contributed by atoms with Crippen molar-refractivity contribution in [3.63, 3.8) is 0 Å². The van der Waals surface area contributed by atoms with Crippen LogP contribution in [0.25, 0.3) is 0 Å². The molecule has 5 nitrogen and oxygen atoms in total. The second-order valence-corrected chi connectivity index (χ2v) is 5.97. The standard InChI is InChI=1S/C20H22N2O3/c23-20(21-24)13-3-1-2-8-14-22-15-16-9-4-6-11-18(16)25-19-12-7-5-10-17(19)22/h4-12,14,24H,1-3,13,15H2,(H,21,23)/b14-8+. The first-order chi connectivity index (χ1) is 12.3. The molecule has 3 rings (SSSR count). The van der Waals surface area contributed by atoms with E-state index in [1.807, 2.05) is 36.4 Å². The number of ether oxygens (including phenoxy) is 1. The van der Waals surface area contributed by atoms with Gasteiger partial charge < -0.3 is 9.64 Å². The molecule has 2 aromatic rings. The Labute approximate surface area is 147 Å². The first-order valence-electron chi connectivity index (χ1n) is 8.49. The average Bonchev–Trinajstić information content (AvgIpc) is 2.80. The van der Waals surface area contributed by atoms with Gasteiger partial charge in [-0.25, -0.2) is 5.48 Å². The fourth-order valence-electron chi connectivity index (χ4n) is 2.84. The van der Waals surface area contributed by atoms with Crippen molar-refractivity contribution in [2.75, 3.05) is 4.90 Å². The van der Waals surface area contributed by atoms with E-state index in [0.717, 1.165) is 48.6 Å². The van der Waals surface area contributed by atoms with Crippen LogP contribution in [0.2, 0.25) is 0 Å². The number of para-hydroxylation sites is 3. The van der Waals surface area contributed by atoms with E-state index in [-0.39, 0.29) is 5.91 Å². The minimum absolute atomic E-state index is 0.334. The van der Waals surface area contributed by atoms with Crippen molar-refractivity contribution in [2.45, 2.75) is 32.2 Å². The highest BCUT2D eigenvalue weighted by molar-refractivity contribution is 5.74. The van der Waals surface area contributed by atoms with Gasteiger partial charge in [0, 0.05) is 18.2 Å². The highest BCUT2D eigenvalue weighted by Gasteiger charge is 2.18. The molecule has 2 N–H and O–H groups in total. The number of carbonyl (C=O) groups excluding carboxylic acids is 1. The zero-order chi connectivity index (χ0) is 17.5. The second kappa shape index (κ2) is 8.35. The third-order valence-corrected chi connectivity index (χ3v) is 4.14. The number of allylic oxidation sites excluding steroid dienone is 1. The van der Waals surface area contributed by atoms with E-state index in [4.69, 9.17) is 9.94 Å². The first kappa shape index (κ1) is 17.0. The zero-order valence-electron chi connectivity index (χ0n) is 14.0. The summed E-state index contributed by atoms with van der Waals surface area (Å²) in [6, 6.07) is 16.1. The van der Waals surface area contributed by atoms with Gasteiger partial charge in [-0.05, 0) is 37.5 Å². The molecule has 2 aromatic carbocycles. The number of benzene rings is 2. The van der Waals surface area contributed by atoms with E-state index < -0.39 is 0 Å². The van der Waals surface area contributed by atoms with Gasteiger partial charge in [0.1, 0.15) is 5.75 Å². The largest absolute Gasteiger partial charge is 0.455 e. The fraction of sp³-hybridized carbons (Fsp3) is 0.250. The lowest BCUT2D eigenvalue weighted by Gasteiger charge is -2.19. The van der Waals surface area contributed by atoms with Crippen molar-refractivity contribution < 1.29 is 14.7 Å². The smallest absolute Gasteiger partial charge is 0.243 e. The summed E-state index contributed by atoms with van der Waals surface area (Å²) in [5.74, 6) is 1.40. The minimum Gasteiger partial charge on any atom is -0.455 e. The summed E-state index contributed by atoms with van der Waals surface area (Å²) >= 11 is 0. The molecule has 130 valence electrons. The van der Waals surface area contributed by atoms with Gasteiger partial charge in [0.05, 0.1) is 12.2 Å². The number of anilines is 1. The number of amides is 1. The van der Waals surface area contributed by atoms with Gasteiger partial charge in [-0.2, -0.15) is 0 Å². The van der Waals surface area contributed by atoms with Crippen LogP contribution < -0.4 is 15.1 Å². The SMILES string of the molecule is O=C(CCCC/C=C/N1Cc2ccccc2Oc2ccccc21)NO. The van der Waals surface area contributed by atoms with Gasteiger partial charge in [-0.1, -0.05) is 36.4 Å². The first-order valence-corrected chi connectivity index (χ1v) is 8.49. The Balaban J connectivity index is 1.68. The maximum absolute atomic E-state index is 11.0. The predicted octanol–water partition coefficient (Wildman–Crippen LogP) is 4.38. The molecule has 0 spiro atoms. The van der Waals surface area contributed by atoms with E-state index in [0.29, 0.717) is 6.42 Å². The predicted molar refractivity (Wildman–Crippen MR) is 96.7 cm³/mol. The molecule has 1 amide bonds. The van der Waals surface area contributed by atoms with E-state index in [1.54, 1.807) is 5.48 Å². The van der Waals surface area contributed by atoms with Crippen LogP contribution in [0.15, 0.2) is 60.8 Å². The van der Waals surface area contributed by atoms with Crippen molar-refractivity contribution in [3.8, 4) is 11.5 Å². The van der Waals surface area contributed by atoms with Crippen molar-refractivity contribution in [1.29, 1.82) is 0 Å². The Bertz CT molecular complexity index is 758. The van der Waals surface area contributed by atoms with Gasteiger partial charge in [0.25, 0.3) is 0 Å². The third-order valence-electron chi connectivity index (χ3n) is 4.14. The number of carbonyl (C=O) groups is 1. The molecule has 0 aliphatic carbocycles. The van der Waals surface area contributed by atoms with Crippen molar-refractivity contribution >= 4 is 11.6 Å². The van der Waals surface area contributed by atoms with Crippen molar-refractivity contribution in [1.82, 2.24) is 5.48 Å². The Morgan fingerprint density at radius 3 is 2.72 bits per heavy atom. The summed E-state index contributed by atoms with van der Waals surface area (Å²) in [6.45, 7) is 0.747. The van der Waals surface area contributed by atoms with Crippen LogP contribution >= 0.6 is 0 Å². The molecule has 0 unspecified atom stereocenters. The number of nitrogens with zero attached hydrogens (tertiary/aromatic N) is 1. The Morgan fingerprint density at radius 1 is 1.12 bits per heavy atom. The normalized spacial score (nSPS) is 12.9. The average molecular weight is 338 g/mol.